The lowest BCUT2D eigenvalue weighted by Crippen LogP contribution is -2.40. The third-order valence-corrected chi connectivity index (χ3v) is 3.16. The number of rotatable bonds is 2. The molecule has 90 valence electrons. The normalized spacial score (nSPS) is 20.9. The SMILES string of the molecule is Cn1c(CC2CNCCO2)nc2ncccc21. The van der Waals surface area contributed by atoms with Gasteiger partial charge in [0.25, 0.3) is 0 Å². The highest BCUT2D eigenvalue weighted by Gasteiger charge is 2.17. The van der Waals surface area contributed by atoms with E-state index in [-0.39, 0.29) is 6.10 Å². The molecule has 0 saturated carbocycles. The Labute approximate surface area is 99.8 Å². The summed E-state index contributed by atoms with van der Waals surface area (Å²) in [5.74, 6) is 1.03. The molecule has 3 heterocycles. The Balaban J connectivity index is 1.87. The number of nitrogens with one attached hydrogen (secondary N) is 1. The average Bonchev–Trinajstić information content (AvgIpc) is 2.68. The summed E-state index contributed by atoms with van der Waals surface area (Å²) in [6.45, 7) is 2.63. The predicted molar refractivity (Wildman–Crippen MR) is 64.8 cm³/mol. The summed E-state index contributed by atoms with van der Waals surface area (Å²) in [5.41, 5.74) is 1.89. The van der Waals surface area contributed by atoms with E-state index in [2.05, 4.69) is 19.9 Å². The number of ether oxygens (including phenoxy) is 1. The van der Waals surface area contributed by atoms with Crippen LogP contribution in [-0.4, -0.2) is 40.3 Å². The van der Waals surface area contributed by atoms with Crippen molar-refractivity contribution in [2.45, 2.75) is 12.5 Å². The van der Waals surface area contributed by atoms with Gasteiger partial charge in [-0.1, -0.05) is 0 Å². The van der Waals surface area contributed by atoms with Crippen LogP contribution < -0.4 is 5.32 Å². The molecular weight excluding hydrogens is 216 g/mol. The van der Waals surface area contributed by atoms with Gasteiger partial charge in [-0.15, -0.1) is 0 Å². The maximum atomic E-state index is 5.70. The molecule has 5 heteroatoms. The number of aromatic nitrogens is 3. The zero-order chi connectivity index (χ0) is 11.7. The van der Waals surface area contributed by atoms with Gasteiger partial charge in [-0.2, -0.15) is 0 Å². The number of imidazole rings is 1. The summed E-state index contributed by atoms with van der Waals surface area (Å²) in [5, 5.41) is 3.33. The monoisotopic (exact) mass is 232 g/mol. The summed E-state index contributed by atoms with van der Waals surface area (Å²) in [6.07, 6.45) is 2.83. The van der Waals surface area contributed by atoms with Gasteiger partial charge in [-0.05, 0) is 12.1 Å². The minimum Gasteiger partial charge on any atom is -0.375 e. The highest BCUT2D eigenvalue weighted by molar-refractivity contribution is 5.71. The molecule has 0 aromatic carbocycles. The van der Waals surface area contributed by atoms with Crippen LogP contribution in [0.25, 0.3) is 11.2 Å². The number of hydrogen-bond acceptors (Lipinski definition) is 4. The van der Waals surface area contributed by atoms with E-state index in [4.69, 9.17) is 4.74 Å². The molecule has 0 spiro atoms. The molecule has 2 aromatic heterocycles. The number of hydrogen-bond donors (Lipinski definition) is 1. The van der Waals surface area contributed by atoms with Crippen molar-refractivity contribution >= 4 is 11.2 Å². The lowest BCUT2D eigenvalue weighted by molar-refractivity contribution is 0.0277. The van der Waals surface area contributed by atoms with Crippen LogP contribution in [-0.2, 0) is 18.2 Å². The molecular formula is C12H16N4O. The summed E-state index contributed by atoms with van der Waals surface area (Å²) in [6, 6.07) is 3.98. The van der Waals surface area contributed by atoms with Gasteiger partial charge < -0.3 is 14.6 Å². The molecule has 1 unspecified atom stereocenters. The first kappa shape index (κ1) is 10.7. The summed E-state index contributed by atoms with van der Waals surface area (Å²) in [4.78, 5) is 8.82. The van der Waals surface area contributed by atoms with E-state index in [0.717, 1.165) is 43.1 Å². The van der Waals surface area contributed by atoms with Gasteiger partial charge in [0.15, 0.2) is 5.65 Å². The summed E-state index contributed by atoms with van der Waals surface area (Å²) < 4.78 is 7.79. The summed E-state index contributed by atoms with van der Waals surface area (Å²) >= 11 is 0. The van der Waals surface area contributed by atoms with Crippen molar-refractivity contribution in [3.05, 3.63) is 24.2 Å². The molecule has 3 rings (SSSR count). The molecule has 1 saturated heterocycles. The fourth-order valence-corrected chi connectivity index (χ4v) is 2.21. The van der Waals surface area contributed by atoms with Crippen molar-refractivity contribution in [2.75, 3.05) is 19.7 Å². The van der Waals surface area contributed by atoms with Crippen LogP contribution in [0.5, 0.6) is 0 Å². The van der Waals surface area contributed by atoms with Gasteiger partial charge in [0, 0.05) is 32.8 Å². The fourth-order valence-electron chi connectivity index (χ4n) is 2.21. The zero-order valence-electron chi connectivity index (χ0n) is 9.89. The Hall–Kier alpha value is -1.46. The van der Waals surface area contributed by atoms with Crippen molar-refractivity contribution in [3.8, 4) is 0 Å². The third-order valence-electron chi connectivity index (χ3n) is 3.16. The van der Waals surface area contributed by atoms with Crippen LogP contribution >= 0.6 is 0 Å². The van der Waals surface area contributed by atoms with Gasteiger partial charge >= 0.3 is 0 Å². The molecule has 1 aliphatic heterocycles. The maximum absolute atomic E-state index is 5.70. The van der Waals surface area contributed by atoms with Crippen LogP contribution in [0, 0.1) is 0 Å². The van der Waals surface area contributed by atoms with Crippen molar-refractivity contribution in [3.63, 3.8) is 0 Å². The molecule has 1 atom stereocenters. The smallest absolute Gasteiger partial charge is 0.177 e. The lowest BCUT2D eigenvalue weighted by Gasteiger charge is -2.23. The largest absolute Gasteiger partial charge is 0.375 e. The van der Waals surface area contributed by atoms with Crippen LogP contribution in [0.3, 0.4) is 0 Å². The quantitative estimate of drug-likeness (QED) is 0.819. The Morgan fingerprint density at radius 1 is 1.59 bits per heavy atom. The van der Waals surface area contributed by atoms with Gasteiger partial charge in [-0.3, -0.25) is 0 Å². The standard InChI is InChI=1S/C12H16N4O/c1-16-10-3-2-4-14-12(10)15-11(16)7-9-8-13-5-6-17-9/h2-4,9,13H,5-8H2,1H3. The van der Waals surface area contributed by atoms with E-state index in [9.17, 15) is 0 Å². The van der Waals surface area contributed by atoms with Crippen LogP contribution in [0.4, 0.5) is 0 Å². The summed E-state index contributed by atoms with van der Waals surface area (Å²) in [7, 11) is 2.03. The van der Waals surface area contributed by atoms with E-state index in [1.807, 2.05) is 19.2 Å². The lowest BCUT2D eigenvalue weighted by atomic mass is 10.2. The van der Waals surface area contributed by atoms with E-state index in [1.165, 1.54) is 0 Å². The molecule has 17 heavy (non-hydrogen) atoms. The number of pyridine rings is 1. The minimum atomic E-state index is 0.222. The molecule has 0 bridgehead atoms. The highest BCUT2D eigenvalue weighted by Crippen LogP contribution is 2.14. The first-order valence-electron chi connectivity index (χ1n) is 5.93. The molecule has 0 aliphatic carbocycles. The molecule has 1 fully saturated rings. The second-order valence-corrected chi connectivity index (χ2v) is 4.33. The van der Waals surface area contributed by atoms with Gasteiger partial charge in [-0.25, -0.2) is 9.97 Å². The Kier molecular flexibility index (Phi) is 2.78. The number of fused-ring (bicyclic) bond motifs is 1. The average molecular weight is 232 g/mol. The van der Waals surface area contributed by atoms with Crippen molar-refractivity contribution in [1.82, 2.24) is 19.9 Å². The molecule has 5 nitrogen and oxygen atoms in total. The number of nitrogens with zero attached hydrogens (tertiary/aromatic N) is 3. The number of aryl methyl sites for hydroxylation is 1. The number of morpholine rings is 1. The first-order chi connectivity index (χ1) is 8.34. The van der Waals surface area contributed by atoms with Crippen LogP contribution in [0.15, 0.2) is 18.3 Å². The van der Waals surface area contributed by atoms with E-state index in [1.54, 1.807) is 6.20 Å². The first-order valence-corrected chi connectivity index (χ1v) is 5.93. The zero-order valence-corrected chi connectivity index (χ0v) is 9.89. The van der Waals surface area contributed by atoms with Crippen molar-refractivity contribution in [1.29, 1.82) is 0 Å². The Morgan fingerprint density at radius 3 is 3.29 bits per heavy atom. The predicted octanol–water partition coefficient (Wildman–Crippen LogP) is 0.499. The third kappa shape index (κ3) is 2.03. The van der Waals surface area contributed by atoms with Gasteiger partial charge in [0.2, 0.25) is 0 Å². The second kappa shape index (κ2) is 4.43. The molecule has 1 N–H and O–H groups in total. The van der Waals surface area contributed by atoms with Crippen LogP contribution in [0.1, 0.15) is 5.82 Å². The van der Waals surface area contributed by atoms with Gasteiger partial charge in [0.1, 0.15) is 5.82 Å². The topological polar surface area (TPSA) is 52.0 Å². The molecule has 0 amide bonds. The fraction of sp³-hybridized carbons (Fsp3) is 0.500. The molecule has 0 radical (unpaired) electrons. The van der Waals surface area contributed by atoms with E-state index < -0.39 is 0 Å². The second-order valence-electron chi connectivity index (χ2n) is 4.33. The van der Waals surface area contributed by atoms with Crippen molar-refractivity contribution < 1.29 is 4.74 Å². The molecule has 2 aromatic rings. The van der Waals surface area contributed by atoms with E-state index in [0.29, 0.717) is 0 Å². The minimum absolute atomic E-state index is 0.222. The highest BCUT2D eigenvalue weighted by atomic mass is 16.5. The van der Waals surface area contributed by atoms with E-state index >= 15 is 0 Å². The van der Waals surface area contributed by atoms with Gasteiger partial charge in [0.05, 0.1) is 18.2 Å². The maximum Gasteiger partial charge on any atom is 0.177 e. The Morgan fingerprint density at radius 2 is 2.53 bits per heavy atom. The Bertz CT molecular complexity index is 516. The van der Waals surface area contributed by atoms with Crippen molar-refractivity contribution in [2.24, 2.45) is 7.05 Å². The van der Waals surface area contributed by atoms with Crippen LogP contribution in [0.2, 0.25) is 0 Å². The molecule has 1 aliphatic rings.